The number of rotatable bonds is 9. The summed E-state index contributed by atoms with van der Waals surface area (Å²) < 4.78 is 11.0. The second kappa shape index (κ2) is 11.1. The van der Waals surface area contributed by atoms with E-state index in [-0.39, 0.29) is 12.5 Å². The minimum absolute atomic E-state index is 0.00523. The van der Waals surface area contributed by atoms with Crippen LogP contribution in [0.3, 0.4) is 0 Å². The van der Waals surface area contributed by atoms with Gasteiger partial charge in [0, 0.05) is 38.4 Å². The quantitative estimate of drug-likeness (QED) is 0.640. The minimum atomic E-state index is -0.593. The zero-order chi connectivity index (χ0) is 22.2. The maximum absolute atomic E-state index is 12.4. The van der Waals surface area contributed by atoms with Crippen molar-refractivity contribution in [2.45, 2.75) is 20.0 Å². The van der Waals surface area contributed by atoms with Crippen molar-refractivity contribution in [2.75, 3.05) is 58.3 Å². The number of piperazine rings is 1. The Morgan fingerprint density at radius 2 is 1.74 bits per heavy atom. The SMILES string of the molecule is COc1ccccc1OC[C@@H](O)CN1CCN(CC(=O)Nc2ccc(C)cc2C)CC1. The molecule has 0 unspecified atom stereocenters. The first-order chi connectivity index (χ1) is 14.9. The zero-order valence-electron chi connectivity index (χ0n) is 18.6. The Kier molecular flexibility index (Phi) is 8.28. The zero-order valence-corrected chi connectivity index (χ0v) is 18.6. The number of anilines is 1. The largest absolute Gasteiger partial charge is 0.493 e. The van der Waals surface area contributed by atoms with Gasteiger partial charge in [-0.05, 0) is 37.6 Å². The van der Waals surface area contributed by atoms with Crippen LogP contribution in [0.25, 0.3) is 0 Å². The maximum atomic E-state index is 12.4. The number of benzene rings is 2. The van der Waals surface area contributed by atoms with Gasteiger partial charge in [0.1, 0.15) is 12.7 Å². The van der Waals surface area contributed by atoms with Crippen LogP contribution in [0.5, 0.6) is 11.5 Å². The molecule has 3 rings (SSSR count). The average molecular weight is 428 g/mol. The number of aryl methyl sites for hydroxylation is 2. The van der Waals surface area contributed by atoms with Gasteiger partial charge in [-0.2, -0.15) is 0 Å². The second-order valence-corrected chi connectivity index (χ2v) is 8.06. The molecular weight excluding hydrogens is 394 g/mol. The minimum Gasteiger partial charge on any atom is -0.493 e. The van der Waals surface area contributed by atoms with Crippen LogP contribution in [0.4, 0.5) is 5.69 Å². The number of β-amino-alcohol motifs (C(OH)–C–C–N with tert-alkyl or cyclic N) is 1. The van der Waals surface area contributed by atoms with Crippen LogP contribution >= 0.6 is 0 Å². The van der Waals surface area contributed by atoms with E-state index in [1.165, 1.54) is 5.56 Å². The summed E-state index contributed by atoms with van der Waals surface area (Å²) in [7, 11) is 1.60. The first kappa shape index (κ1) is 23.1. The summed E-state index contributed by atoms with van der Waals surface area (Å²) in [4.78, 5) is 16.8. The summed E-state index contributed by atoms with van der Waals surface area (Å²) in [5.41, 5.74) is 3.12. The number of ether oxygens (including phenoxy) is 2. The fourth-order valence-electron chi connectivity index (χ4n) is 3.75. The van der Waals surface area contributed by atoms with Crippen LogP contribution in [-0.4, -0.2) is 79.9 Å². The number of carbonyl (C=O) groups excluding carboxylic acids is 1. The molecule has 0 radical (unpaired) electrons. The van der Waals surface area contributed by atoms with Gasteiger partial charge in [-0.25, -0.2) is 0 Å². The molecule has 2 N–H and O–H groups in total. The molecule has 168 valence electrons. The Morgan fingerprint density at radius 3 is 2.42 bits per heavy atom. The van der Waals surface area contributed by atoms with Crippen molar-refractivity contribution in [2.24, 2.45) is 0 Å². The van der Waals surface area contributed by atoms with Gasteiger partial charge in [0.25, 0.3) is 0 Å². The highest BCUT2D eigenvalue weighted by molar-refractivity contribution is 5.93. The molecule has 1 saturated heterocycles. The molecule has 0 saturated carbocycles. The molecule has 1 aliphatic rings. The third kappa shape index (κ3) is 6.95. The number of hydrogen-bond donors (Lipinski definition) is 2. The summed E-state index contributed by atoms with van der Waals surface area (Å²) in [5, 5.41) is 13.4. The summed E-state index contributed by atoms with van der Waals surface area (Å²) in [5.74, 6) is 1.29. The monoisotopic (exact) mass is 427 g/mol. The lowest BCUT2D eigenvalue weighted by molar-refractivity contribution is -0.117. The summed E-state index contributed by atoms with van der Waals surface area (Å²) in [6, 6.07) is 13.4. The maximum Gasteiger partial charge on any atom is 0.238 e. The van der Waals surface area contributed by atoms with Gasteiger partial charge in [-0.3, -0.25) is 14.6 Å². The molecule has 7 nitrogen and oxygen atoms in total. The molecule has 1 aliphatic heterocycles. The van der Waals surface area contributed by atoms with Gasteiger partial charge >= 0.3 is 0 Å². The fraction of sp³-hybridized carbons (Fsp3) is 0.458. The van der Waals surface area contributed by atoms with E-state index in [1.807, 2.05) is 50.2 Å². The average Bonchev–Trinajstić information content (AvgIpc) is 2.76. The van der Waals surface area contributed by atoms with Crippen molar-refractivity contribution < 1.29 is 19.4 Å². The number of nitrogens with one attached hydrogen (secondary N) is 1. The summed E-state index contributed by atoms with van der Waals surface area (Å²) >= 11 is 0. The fourth-order valence-corrected chi connectivity index (χ4v) is 3.75. The van der Waals surface area contributed by atoms with E-state index < -0.39 is 6.10 Å². The molecule has 1 amide bonds. The van der Waals surface area contributed by atoms with Crippen LogP contribution in [0.1, 0.15) is 11.1 Å². The van der Waals surface area contributed by atoms with Crippen molar-refractivity contribution in [3.05, 3.63) is 53.6 Å². The van der Waals surface area contributed by atoms with E-state index in [1.54, 1.807) is 7.11 Å². The molecule has 2 aromatic rings. The molecule has 1 atom stereocenters. The summed E-state index contributed by atoms with van der Waals surface area (Å²) in [6.45, 7) is 8.37. The van der Waals surface area contributed by atoms with Gasteiger partial charge in [-0.1, -0.05) is 29.8 Å². The second-order valence-electron chi connectivity index (χ2n) is 8.06. The van der Waals surface area contributed by atoms with Gasteiger partial charge in [0.05, 0.1) is 13.7 Å². The number of aliphatic hydroxyl groups is 1. The van der Waals surface area contributed by atoms with Gasteiger partial charge in [0.15, 0.2) is 11.5 Å². The van der Waals surface area contributed by atoms with Crippen molar-refractivity contribution in [1.29, 1.82) is 0 Å². The number of methoxy groups -OCH3 is 1. The third-order valence-corrected chi connectivity index (χ3v) is 5.46. The lowest BCUT2D eigenvalue weighted by Crippen LogP contribution is -2.50. The van der Waals surface area contributed by atoms with E-state index in [9.17, 15) is 9.90 Å². The number of hydrogen-bond acceptors (Lipinski definition) is 6. The Balaban J connectivity index is 1.37. The van der Waals surface area contributed by atoms with E-state index in [2.05, 4.69) is 21.2 Å². The lowest BCUT2D eigenvalue weighted by Gasteiger charge is -2.35. The van der Waals surface area contributed by atoms with E-state index in [0.717, 1.165) is 37.4 Å². The van der Waals surface area contributed by atoms with Crippen molar-refractivity contribution in [3.8, 4) is 11.5 Å². The van der Waals surface area contributed by atoms with Crippen LogP contribution < -0.4 is 14.8 Å². The first-order valence-corrected chi connectivity index (χ1v) is 10.7. The Hall–Kier alpha value is -2.61. The Morgan fingerprint density at radius 1 is 1.06 bits per heavy atom. The molecule has 0 aliphatic carbocycles. The molecule has 0 aromatic heterocycles. The topological polar surface area (TPSA) is 74.3 Å². The molecular formula is C24H33N3O4. The van der Waals surface area contributed by atoms with Crippen molar-refractivity contribution >= 4 is 11.6 Å². The molecule has 2 aromatic carbocycles. The Labute approximate surface area is 184 Å². The summed E-state index contributed by atoms with van der Waals surface area (Å²) in [6.07, 6.45) is -0.593. The standard InChI is InChI=1S/C24H33N3O4/c1-18-8-9-21(19(2)14-18)25-24(29)16-27-12-10-26(11-13-27)15-20(28)17-31-23-7-5-4-6-22(23)30-3/h4-9,14,20,28H,10-13,15-17H2,1-3H3,(H,25,29)/t20-/m0/s1. The molecule has 1 fully saturated rings. The highest BCUT2D eigenvalue weighted by atomic mass is 16.5. The van der Waals surface area contributed by atoms with Crippen LogP contribution in [0.2, 0.25) is 0 Å². The smallest absolute Gasteiger partial charge is 0.238 e. The Bertz CT molecular complexity index is 866. The third-order valence-electron chi connectivity index (χ3n) is 5.46. The van der Waals surface area contributed by atoms with E-state index in [4.69, 9.17) is 9.47 Å². The van der Waals surface area contributed by atoms with Gasteiger partial charge in [-0.15, -0.1) is 0 Å². The lowest BCUT2D eigenvalue weighted by atomic mass is 10.1. The predicted molar refractivity (Wildman–Crippen MR) is 122 cm³/mol. The highest BCUT2D eigenvalue weighted by Crippen LogP contribution is 2.25. The van der Waals surface area contributed by atoms with E-state index in [0.29, 0.717) is 24.6 Å². The molecule has 1 heterocycles. The number of para-hydroxylation sites is 2. The molecule has 0 bridgehead atoms. The molecule has 7 heteroatoms. The van der Waals surface area contributed by atoms with Crippen LogP contribution in [-0.2, 0) is 4.79 Å². The predicted octanol–water partition coefficient (Wildman–Crippen LogP) is 2.31. The molecule has 0 spiro atoms. The van der Waals surface area contributed by atoms with Gasteiger partial charge in [0.2, 0.25) is 5.91 Å². The van der Waals surface area contributed by atoms with Crippen molar-refractivity contribution in [3.63, 3.8) is 0 Å². The van der Waals surface area contributed by atoms with Crippen molar-refractivity contribution in [1.82, 2.24) is 9.80 Å². The van der Waals surface area contributed by atoms with Crippen LogP contribution in [0, 0.1) is 13.8 Å². The van der Waals surface area contributed by atoms with Crippen LogP contribution in [0.15, 0.2) is 42.5 Å². The number of carbonyl (C=O) groups is 1. The highest BCUT2D eigenvalue weighted by Gasteiger charge is 2.21. The number of nitrogens with zero attached hydrogens (tertiary/aromatic N) is 2. The van der Waals surface area contributed by atoms with Gasteiger partial charge < -0.3 is 19.9 Å². The molecule has 31 heavy (non-hydrogen) atoms. The normalized spacial score (nSPS) is 16.0. The number of aliphatic hydroxyl groups excluding tert-OH is 1. The number of amides is 1. The first-order valence-electron chi connectivity index (χ1n) is 10.7. The van der Waals surface area contributed by atoms with E-state index >= 15 is 0 Å².